The Bertz CT molecular complexity index is 401. The molecule has 0 saturated heterocycles. The Hall–Kier alpha value is -1.16. The van der Waals surface area contributed by atoms with Crippen molar-refractivity contribution in [1.29, 1.82) is 0 Å². The summed E-state index contributed by atoms with van der Waals surface area (Å²) in [5.74, 6) is -1.05. The van der Waals surface area contributed by atoms with Gasteiger partial charge in [0.25, 0.3) is 0 Å². The third-order valence-corrected chi connectivity index (χ3v) is 3.57. The number of anilines is 1. The van der Waals surface area contributed by atoms with Gasteiger partial charge in [-0.3, -0.25) is 0 Å². The first kappa shape index (κ1) is 13.3. The van der Waals surface area contributed by atoms with Gasteiger partial charge in [-0.05, 0) is 24.5 Å². The van der Waals surface area contributed by atoms with Gasteiger partial charge in [0, 0.05) is 25.7 Å². The van der Waals surface area contributed by atoms with Gasteiger partial charge < -0.3 is 10.6 Å². The van der Waals surface area contributed by atoms with E-state index in [1.165, 1.54) is 25.3 Å². The molecule has 1 fully saturated rings. The van der Waals surface area contributed by atoms with Crippen LogP contribution in [-0.2, 0) is 6.54 Å². The van der Waals surface area contributed by atoms with Crippen molar-refractivity contribution in [2.24, 2.45) is 0 Å². The molecule has 0 aliphatic heterocycles. The summed E-state index contributed by atoms with van der Waals surface area (Å²) in [6.45, 7) is 0.509. The highest BCUT2D eigenvalue weighted by atomic mass is 19.1. The lowest BCUT2D eigenvalue weighted by Crippen LogP contribution is -2.30. The summed E-state index contributed by atoms with van der Waals surface area (Å²) in [4.78, 5) is 0. The highest BCUT2D eigenvalue weighted by molar-refractivity contribution is 5.52. The molecular formula is C14H20F2N2. The van der Waals surface area contributed by atoms with Gasteiger partial charge in [0.1, 0.15) is 11.6 Å². The Kier molecular flexibility index (Phi) is 4.53. The predicted octanol–water partition coefficient (Wildman–Crippen LogP) is 3.43. The largest absolute Gasteiger partial charge is 0.385 e. The van der Waals surface area contributed by atoms with Crippen LogP contribution in [0.25, 0.3) is 0 Å². The van der Waals surface area contributed by atoms with Crippen LogP contribution in [-0.4, -0.2) is 13.1 Å². The third-order valence-electron chi connectivity index (χ3n) is 3.57. The van der Waals surface area contributed by atoms with Gasteiger partial charge in [-0.1, -0.05) is 19.3 Å². The summed E-state index contributed by atoms with van der Waals surface area (Å²) in [6, 6.07) is 2.79. The number of rotatable bonds is 4. The molecule has 2 rings (SSSR count). The fourth-order valence-electron chi connectivity index (χ4n) is 2.61. The molecule has 100 valence electrons. The van der Waals surface area contributed by atoms with E-state index in [1.807, 2.05) is 0 Å². The molecule has 0 heterocycles. The van der Waals surface area contributed by atoms with E-state index in [9.17, 15) is 8.78 Å². The summed E-state index contributed by atoms with van der Waals surface area (Å²) >= 11 is 0. The average molecular weight is 254 g/mol. The van der Waals surface area contributed by atoms with Crippen LogP contribution in [0, 0.1) is 11.6 Å². The second-order valence-corrected chi connectivity index (χ2v) is 4.89. The number of nitrogens with one attached hydrogen (secondary N) is 2. The predicted molar refractivity (Wildman–Crippen MR) is 69.6 cm³/mol. The summed E-state index contributed by atoms with van der Waals surface area (Å²) in [5.41, 5.74) is 1.04. The van der Waals surface area contributed by atoms with Gasteiger partial charge in [-0.25, -0.2) is 8.78 Å². The Labute approximate surface area is 107 Å². The van der Waals surface area contributed by atoms with E-state index in [0.717, 1.165) is 18.9 Å². The lowest BCUT2D eigenvalue weighted by Gasteiger charge is -2.23. The van der Waals surface area contributed by atoms with Crippen molar-refractivity contribution < 1.29 is 8.78 Å². The molecule has 1 aromatic rings. The molecule has 2 nitrogen and oxygen atoms in total. The fourth-order valence-corrected chi connectivity index (χ4v) is 2.61. The van der Waals surface area contributed by atoms with Crippen LogP contribution in [0.4, 0.5) is 14.5 Å². The summed E-state index contributed by atoms with van der Waals surface area (Å²) in [5, 5.41) is 6.19. The van der Waals surface area contributed by atoms with Gasteiger partial charge in [0.2, 0.25) is 0 Å². The average Bonchev–Trinajstić information content (AvgIpc) is 2.37. The van der Waals surface area contributed by atoms with E-state index < -0.39 is 11.6 Å². The van der Waals surface area contributed by atoms with Crippen LogP contribution in [0.2, 0.25) is 0 Å². The first-order valence-corrected chi connectivity index (χ1v) is 6.59. The number of halogens is 2. The minimum atomic E-state index is -0.530. The molecule has 0 unspecified atom stereocenters. The first-order chi connectivity index (χ1) is 8.70. The molecule has 1 aromatic carbocycles. The topological polar surface area (TPSA) is 24.1 Å². The highest BCUT2D eigenvalue weighted by Crippen LogP contribution is 2.23. The van der Waals surface area contributed by atoms with Gasteiger partial charge >= 0.3 is 0 Å². The van der Waals surface area contributed by atoms with Crippen molar-refractivity contribution in [1.82, 2.24) is 5.32 Å². The van der Waals surface area contributed by atoms with E-state index in [0.29, 0.717) is 23.8 Å². The summed E-state index contributed by atoms with van der Waals surface area (Å²) in [7, 11) is 1.65. The van der Waals surface area contributed by atoms with Crippen LogP contribution in [0.15, 0.2) is 12.1 Å². The molecule has 0 atom stereocenters. The lowest BCUT2D eigenvalue weighted by molar-refractivity contribution is 0.372. The molecular weight excluding hydrogens is 234 g/mol. The zero-order valence-corrected chi connectivity index (χ0v) is 10.7. The van der Waals surface area contributed by atoms with E-state index in [-0.39, 0.29) is 0 Å². The SMILES string of the molecule is CNc1c(F)cc(F)cc1CNC1CCCCC1. The molecule has 0 aromatic heterocycles. The van der Waals surface area contributed by atoms with E-state index in [1.54, 1.807) is 7.05 Å². The second-order valence-electron chi connectivity index (χ2n) is 4.89. The summed E-state index contributed by atoms with van der Waals surface area (Å²) in [6.07, 6.45) is 6.11. The lowest BCUT2D eigenvalue weighted by atomic mass is 9.95. The second kappa shape index (κ2) is 6.14. The standard InChI is InChI=1S/C14H20F2N2/c1-17-14-10(7-11(15)8-13(14)16)9-18-12-5-3-2-4-6-12/h7-8,12,17-18H,2-6,9H2,1H3. The Morgan fingerprint density at radius 3 is 2.56 bits per heavy atom. The van der Waals surface area contributed by atoms with Crippen LogP contribution in [0.5, 0.6) is 0 Å². The maximum atomic E-state index is 13.5. The molecule has 1 aliphatic carbocycles. The molecule has 1 saturated carbocycles. The van der Waals surface area contributed by atoms with E-state index >= 15 is 0 Å². The molecule has 2 N–H and O–H groups in total. The maximum Gasteiger partial charge on any atom is 0.149 e. The Morgan fingerprint density at radius 1 is 1.17 bits per heavy atom. The van der Waals surface area contributed by atoms with Gasteiger partial charge in [0.15, 0.2) is 0 Å². The van der Waals surface area contributed by atoms with Crippen molar-refractivity contribution >= 4 is 5.69 Å². The maximum absolute atomic E-state index is 13.5. The minimum absolute atomic E-state index is 0.389. The van der Waals surface area contributed by atoms with Gasteiger partial charge in [-0.15, -0.1) is 0 Å². The van der Waals surface area contributed by atoms with Crippen molar-refractivity contribution in [2.75, 3.05) is 12.4 Å². The van der Waals surface area contributed by atoms with Crippen LogP contribution in [0.3, 0.4) is 0 Å². The molecule has 1 aliphatic rings. The first-order valence-electron chi connectivity index (χ1n) is 6.59. The zero-order chi connectivity index (χ0) is 13.0. The Morgan fingerprint density at radius 2 is 1.89 bits per heavy atom. The van der Waals surface area contributed by atoms with Crippen molar-refractivity contribution in [3.8, 4) is 0 Å². The van der Waals surface area contributed by atoms with Crippen molar-refractivity contribution in [2.45, 2.75) is 44.7 Å². The number of hydrogen-bond donors (Lipinski definition) is 2. The Balaban J connectivity index is 2.03. The quantitative estimate of drug-likeness (QED) is 0.860. The molecule has 0 spiro atoms. The fraction of sp³-hybridized carbons (Fsp3) is 0.571. The molecule has 0 amide bonds. The van der Waals surface area contributed by atoms with Crippen molar-refractivity contribution in [3.05, 3.63) is 29.3 Å². The molecule has 18 heavy (non-hydrogen) atoms. The number of hydrogen-bond acceptors (Lipinski definition) is 2. The molecule has 0 bridgehead atoms. The van der Waals surface area contributed by atoms with E-state index in [2.05, 4.69) is 10.6 Å². The number of benzene rings is 1. The van der Waals surface area contributed by atoms with Gasteiger partial charge in [-0.2, -0.15) is 0 Å². The zero-order valence-electron chi connectivity index (χ0n) is 10.7. The smallest absolute Gasteiger partial charge is 0.149 e. The molecule has 0 radical (unpaired) electrons. The van der Waals surface area contributed by atoms with Crippen LogP contribution >= 0.6 is 0 Å². The van der Waals surface area contributed by atoms with Crippen LogP contribution in [0.1, 0.15) is 37.7 Å². The summed E-state index contributed by atoms with van der Waals surface area (Å²) < 4.78 is 26.8. The van der Waals surface area contributed by atoms with E-state index in [4.69, 9.17) is 0 Å². The van der Waals surface area contributed by atoms with Gasteiger partial charge in [0.05, 0.1) is 5.69 Å². The monoisotopic (exact) mass is 254 g/mol. The van der Waals surface area contributed by atoms with Crippen molar-refractivity contribution in [3.63, 3.8) is 0 Å². The highest BCUT2D eigenvalue weighted by Gasteiger charge is 2.15. The third kappa shape index (κ3) is 3.19. The normalized spacial score (nSPS) is 16.8. The van der Waals surface area contributed by atoms with Crippen LogP contribution < -0.4 is 10.6 Å². The minimum Gasteiger partial charge on any atom is -0.385 e. The molecule has 4 heteroatoms.